The Labute approximate surface area is 208 Å². The monoisotopic (exact) mass is 486 g/mol. The molecule has 1 aliphatic heterocycles. The highest BCUT2D eigenvalue weighted by molar-refractivity contribution is 6.54. The van der Waals surface area contributed by atoms with Gasteiger partial charge in [0.25, 0.3) is 11.4 Å². The normalized spacial score (nSPS) is 18.7. The second kappa shape index (κ2) is 9.95. The fourth-order valence-electron chi connectivity index (χ4n) is 4.18. The summed E-state index contributed by atoms with van der Waals surface area (Å²) in [5.74, 6) is -2.87. The summed E-state index contributed by atoms with van der Waals surface area (Å²) in [6.07, 6.45) is 0. The third-order valence-corrected chi connectivity index (χ3v) is 5.87. The number of ether oxygens (including phenoxy) is 2. The summed E-state index contributed by atoms with van der Waals surface area (Å²) < 4.78 is 10.6. The molecule has 36 heavy (non-hydrogen) atoms. The molecule has 0 saturated carbocycles. The lowest BCUT2D eigenvalue weighted by atomic mass is 9.93. The zero-order chi connectivity index (χ0) is 25.9. The van der Waals surface area contributed by atoms with Crippen LogP contribution in [0.2, 0.25) is 0 Å². The Bertz CT molecular complexity index is 1320. The van der Waals surface area contributed by atoms with E-state index in [1.54, 1.807) is 78.9 Å². The number of hydrogen-bond acceptors (Lipinski definition) is 7. The molecule has 1 atom stereocenters. The van der Waals surface area contributed by atoms with E-state index in [0.717, 1.165) is 17.6 Å². The maximum absolute atomic E-state index is 13.6. The molecule has 184 valence electrons. The van der Waals surface area contributed by atoms with Gasteiger partial charge >= 0.3 is 11.9 Å². The van der Waals surface area contributed by atoms with E-state index >= 15 is 0 Å². The Hall–Kier alpha value is -4.59. The number of methoxy groups -OCH3 is 1. The van der Waals surface area contributed by atoms with Crippen LogP contribution in [0.3, 0.4) is 0 Å². The molecule has 8 heteroatoms. The molecule has 1 saturated heterocycles. The second-order valence-corrected chi connectivity index (χ2v) is 8.18. The van der Waals surface area contributed by atoms with Crippen LogP contribution in [0.5, 0.6) is 5.75 Å². The molecule has 8 nitrogen and oxygen atoms in total. The van der Waals surface area contributed by atoms with Gasteiger partial charge in [0, 0.05) is 16.9 Å². The van der Waals surface area contributed by atoms with Crippen LogP contribution in [-0.4, -0.2) is 42.1 Å². The predicted molar refractivity (Wildman–Crippen MR) is 136 cm³/mol. The van der Waals surface area contributed by atoms with Gasteiger partial charge in [0.15, 0.2) is 0 Å². The van der Waals surface area contributed by atoms with Crippen molar-refractivity contribution in [3.05, 3.63) is 95.6 Å². The number of aliphatic hydroxyl groups excluding tert-OH is 1. The van der Waals surface area contributed by atoms with E-state index in [0.29, 0.717) is 18.0 Å². The quantitative estimate of drug-likeness (QED) is 0.223. The van der Waals surface area contributed by atoms with Crippen LogP contribution in [0, 0.1) is 6.92 Å². The van der Waals surface area contributed by atoms with E-state index in [9.17, 15) is 19.5 Å². The SMILES string of the molecule is CCOc1ccc(N[C@]2(C(=O)OC)C(=C(O)c3ccc(C)cc3)C(=O)C(=O)N2c2ccccc2)cc1. The molecule has 1 heterocycles. The molecule has 0 radical (unpaired) electrons. The Morgan fingerprint density at radius 1 is 0.972 bits per heavy atom. The standard InChI is InChI=1S/C28H26N2O6/c1-4-36-22-16-14-20(15-17-22)29-28(27(34)35-3)23(24(31)19-12-10-18(2)11-13-19)25(32)26(33)30(28)21-8-6-5-7-9-21/h5-17,29,31H,4H2,1-3H3/t28-/m1/s1. The summed E-state index contributed by atoms with van der Waals surface area (Å²) in [6.45, 7) is 4.21. The molecule has 2 N–H and O–H groups in total. The number of hydrogen-bond donors (Lipinski definition) is 2. The number of anilines is 2. The number of aryl methyl sites for hydroxylation is 1. The molecule has 0 bridgehead atoms. The first-order valence-corrected chi connectivity index (χ1v) is 11.4. The highest BCUT2D eigenvalue weighted by atomic mass is 16.5. The summed E-state index contributed by atoms with van der Waals surface area (Å²) >= 11 is 0. The average Bonchev–Trinajstić information content (AvgIpc) is 3.12. The van der Waals surface area contributed by atoms with Crippen molar-refractivity contribution in [1.82, 2.24) is 0 Å². The van der Waals surface area contributed by atoms with Crippen LogP contribution < -0.4 is 15.0 Å². The van der Waals surface area contributed by atoms with Gasteiger partial charge in [-0.1, -0.05) is 48.0 Å². The first-order valence-electron chi connectivity index (χ1n) is 11.4. The van der Waals surface area contributed by atoms with E-state index in [2.05, 4.69) is 5.32 Å². The molecule has 1 fully saturated rings. The van der Waals surface area contributed by atoms with Crippen molar-refractivity contribution in [3.63, 3.8) is 0 Å². The number of benzene rings is 3. The van der Waals surface area contributed by atoms with Gasteiger partial charge < -0.3 is 19.9 Å². The number of esters is 1. The van der Waals surface area contributed by atoms with Crippen LogP contribution in [-0.2, 0) is 19.1 Å². The number of ketones is 1. The van der Waals surface area contributed by atoms with E-state index < -0.39 is 34.7 Å². The number of Topliss-reactive ketones (excluding diaryl/α,β-unsaturated/α-hetero) is 1. The fraction of sp³-hybridized carbons (Fsp3) is 0.179. The highest BCUT2D eigenvalue weighted by Gasteiger charge is 2.63. The van der Waals surface area contributed by atoms with Crippen molar-refractivity contribution in [2.75, 3.05) is 23.9 Å². The molecule has 0 aliphatic carbocycles. The van der Waals surface area contributed by atoms with E-state index in [-0.39, 0.29) is 11.3 Å². The smallest absolute Gasteiger partial charge is 0.358 e. The van der Waals surface area contributed by atoms with E-state index in [1.807, 2.05) is 13.8 Å². The number of nitrogens with zero attached hydrogens (tertiary/aromatic N) is 1. The molecule has 0 unspecified atom stereocenters. The minimum Gasteiger partial charge on any atom is -0.507 e. The Morgan fingerprint density at radius 3 is 2.19 bits per heavy atom. The lowest BCUT2D eigenvalue weighted by Crippen LogP contribution is -2.59. The Kier molecular flexibility index (Phi) is 6.78. The molecular weight excluding hydrogens is 460 g/mol. The molecule has 1 amide bonds. The zero-order valence-corrected chi connectivity index (χ0v) is 20.1. The number of amides is 1. The van der Waals surface area contributed by atoms with Crippen molar-refractivity contribution in [1.29, 1.82) is 0 Å². The summed E-state index contributed by atoms with van der Waals surface area (Å²) in [5, 5.41) is 14.4. The van der Waals surface area contributed by atoms with Crippen LogP contribution in [0.25, 0.3) is 5.76 Å². The third kappa shape index (κ3) is 4.17. The van der Waals surface area contributed by atoms with Gasteiger partial charge in [-0.2, -0.15) is 0 Å². The van der Waals surface area contributed by atoms with Gasteiger partial charge in [0.1, 0.15) is 17.1 Å². The number of rotatable bonds is 7. The van der Waals surface area contributed by atoms with Crippen molar-refractivity contribution in [3.8, 4) is 5.75 Å². The molecular formula is C28H26N2O6. The van der Waals surface area contributed by atoms with Crippen molar-refractivity contribution in [2.24, 2.45) is 0 Å². The van der Waals surface area contributed by atoms with Crippen LogP contribution in [0.15, 0.2) is 84.4 Å². The summed E-state index contributed by atoms with van der Waals surface area (Å²) in [6, 6.07) is 21.7. The summed E-state index contributed by atoms with van der Waals surface area (Å²) in [5.41, 5.74) is -0.753. The molecule has 3 aromatic rings. The number of carbonyl (C=O) groups excluding carboxylic acids is 3. The van der Waals surface area contributed by atoms with Gasteiger partial charge in [-0.15, -0.1) is 0 Å². The first kappa shape index (κ1) is 24.5. The van der Waals surface area contributed by atoms with Gasteiger partial charge in [-0.3, -0.25) is 14.5 Å². The number of aliphatic hydroxyl groups is 1. The molecule has 4 rings (SSSR count). The average molecular weight is 487 g/mol. The topological polar surface area (TPSA) is 105 Å². The number of para-hydroxylation sites is 1. The maximum Gasteiger partial charge on any atom is 0.358 e. The molecule has 0 aromatic heterocycles. The van der Waals surface area contributed by atoms with Crippen molar-refractivity contribution < 1.29 is 29.0 Å². The second-order valence-electron chi connectivity index (χ2n) is 8.18. The van der Waals surface area contributed by atoms with Crippen molar-refractivity contribution in [2.45, 2.75) is 19.5 Å². The van der Waals surface area contributed by atoms with Crippen LogP contribution in [0.1, 0.15) is 18.1 Å². The minimum absolute atomic E-state index is 0.270. The van der Waals surface area contributed by atoms with Crippen LogP contribution >= 0.6 is 0 Å². The third-order valence-electron chi connectivity index (χ3n) is 5.87. The molecule has 1 aliphatic rings. The number of nitrogens with one attached hydrogen (secondary N) is 1. The predicted octanol–water partition coefficient (Wildman–Crippen LogP) is 4.26. The largest absolute Gasteiger partial charge is 0.507 e. The van der Waals surface area contributed by atoms with E-state index in [1.165, 1.54) is 0 Å². The summed E-state index contributed by atoms with van der Waals surface area (Å²) in [7, 11) is 1.15. The Balaban J connectivity index is 1.99. The summed E-state index contributed by atoms with van der Waals surface area (Å²) in [4.78, 5) is 41.5. The first-order chi connectivity index (χ1) is 17.3. The Morgan fingerprint density at radius 2 is 1.61 bits per heavy atom. The van der Waals surface area contributed by atoms with Gasteiger partial charge in [-0.05, 0) is 50.2 Å². The molecule has 3 aromatic carbocycles. The lowest BCUT2D eigenvalue weighted by molar-refractivity contribution is -0.145. The zero-order valence-electron chi connectivity index (χ0n) is 20.1. The molecule has 0 spiro atoms. The fourth-order valence-corrected chi connectivity index (χ4v) is 4.18. The van der Waals surface area contributed by atoms with Gasteiger partial charge in [0.2, 0.25) is 0 Å². The number of carbonyl (C=O) groups is 3. The van der Waals surface area contributed by atoms with Gasteiger partial charge in [-0.25, -0.2) is 4.79 Å². The highest BCUT2D eigenvalue weighted by Crippen LogP contribution is 2.42. The van der Waals surface area contributed by atoms with E-state index in [4.69, 9.17) is 9.47 Å². The van der Waals surface area contributed by atoms with Gasteiger partial charge in [0.05, 0.1) is 13.7 Å². The lowest BCUT2D eigenvalue weighted by Gasteiger charge is -2.37. The van der Waals surface area contributed by atoms with Crippen LogP contribution in [0.4, 0.5) is 11.4 Å². The maximum atomic E-state index is 13.6. The van der Waals surface area contributed by atoms with Crippen molar-refractivity contribution >= 4 is 34.8 Å². The minimum atomic E-state index is -2.19.